The van der Waals surface area contributed by atoms with Gasteiger partial charge in [-0.15, -0.1) is 11.3 Å². The summed E-state index contributed by atoms with van der Waals surface area (Å²) in [5.41, 5.74) is 0.773. The zero-order valence-corrected chi connectivity index (χ0v) is 12.1. The number of sulfonamides is 1. The first-order chi connectivity index (χ1) is 9.09. The molecule has 1 aliphatic rings. The molecule has 7 heteroatoms. The third-order valence-electron chi connectivity index (χ3n) is 3.24. The minimum Gasteiger partial charge on any atom is -0.359 e. The van der Waals surface area contributed by atoms with Gasteiger partial charge in [-0.25, -0.2) is 8.42 Å². The lowest BCUT2D eigenvalue weighted by Crippen LogP contribution is -2.29. The minimum atomic E-state index is -3.42. The van der Waals surface area contributed by atoms with Gasteiger partial charge in [-0.2, -0.15) is 4.31 Å². The zero-order chi connectivity index (χ0) is 13.5. The SMILES string of the molecule is Cc1cc([C@@H]2CCCN2S(=O)(=O)c2cccs2)on1. The highest BCUT2D eigenvalue weighted by molar-refractivity contribution is 7.91. The van der Waals surface area contributed by atoms with Crippen LogP contribution in [0.1, 0.15) is 30.3 Å². The van der Waals surface area contributed by atoms with Crippen molar-refractivity contribution in [3.05, 3.63) is 35.0 Å². The Bertz CT molecular complexity index is 661. The molecule has 1 saturated heterocycles. The number of nitrogens with zero attached hydrogens (tertiary/aromatic N) is 2. The quantitative estimate of drug-likeness (QED) is 0.873. The van der Waals surface area contributed by atoms with Crippen LogP contribution in [0.15, 0.2) is 32.3 Å². The molecule has 102 valence electrons. The minimum absolute atomic E-state index is 0.228. The second-order valence-corrected chi connectivity index (χ2v) is 7.64. The van der Waals surface area contributed by atoms with Crippen molar-refractivity contribution in [3.63, 3.8) is 0 Å². The normalized spacial score (nSPS) is 21.0. The summed E-state index contributed by atoms with van der Waals surface area (Å²) >= 11 is 1.24. The molecule has 3 rings (SSSR count). The molecule has 0 radical (unpaired) electrons. The molecule has 0 unspecified atom stereocenters. The van der Waals surface area contributed by atoms with Gasteiger partial charge in [0.15, 0.2) is 5.76 Å². The van der Waals surface area contributed by atoms with E-state index in [-0.39, 0.29) is 6.04 Å². The highest BCUT2D eigenvalue weighted by atomic mass is 32.2. The molecule has 0 saturated carbocycles. The molecule has 19 heavy (non-hydrogen) atoms. The van der Waals surface area contributed by atoms with Crippen LogP contribution in [-0.4, -0.2) is 24.4 Å². The van der Waals surface area contributed by atoms with Crippen LogP contribution < -0.4 is 0 Å². The van der Waals surface area contributed by atoms with Gasteiger partial charge in [0.05, 0.1) is 11.7 Å². The summed E-state index contributed by atoms with van der Waals surface area (Å²) in [5.74, 6) is 0.634. The van der Waals surface area contributed by atoms with Crippen molar-refractivity contribution in [1.29, 1.82) is 0 Å². The van der Waals surface area contributed by atoms with Crippen LogP contribution in [0.25, 0.3) is 0 Å². The van der Waals surface area contributed by atoms with E-state index in [0.29, 0.717) is 16.5 Å². The monoisotopic (exact) mass is 298 g/mol. The standard InChI is InChI=1S/C12H14N2O3S2/c1-9-8-11(17-13-9)10-4-2-6-14(10)19(15,16)12-5-3-7-18-12/h3,5,7-8,10H,2,4,6H2,1H3/t10-/m0/s1. The Morgan fingerprint density at radius 1 is 1.53 bits per heavy atom. The van der Waals surface area contributed by atoms with Crippen LogP contribution in [0.2, 0.25) is 0 Å². The van der Waals surface area contributed by atoms with Gasteiger partial charge in [-0.1, -0.05) is 11.2 Å². The fraction of sp³-hybridized carbons (Fsp3) is 0.417. The Hall–Kier alpha value is -1.18. The number of rotatable bonds is 3. The van der Waals surface area contributed by atoms with E-state index in [0.717, 1.165) is 18.5 Å². The number of thiophene rings is 1. The molecule has 0 N–H and O–H groups in total. The first kappa shape index (κ1) is 12.8. The topological polar surface area (TPSA) is 63.4 Å². The molecular formula is C12H14N2O3S2. The summed E-state index contributed by atoms with van der Waals surface area (Å²) in [4.78, 5) is 0. The van der Waals surface area contributed by atoms with E-state index in [4.69, 9.17) is 4.52 Å². The lowest BCUT2D eigenvalue weighted by Gasteiger charge is -2.21. The number of hydrogen-bond donors (Lipinski definition) is 0. The maximum atomic E-state index is 12.6. The summed E-state index contributed by atoms with van der Waals surface area (Å²) < 4.78 is 32.3. The third-order valence-corrected chi connectivity index (χ3v) is 6.52. The molecule has 0 spiro atoms. The summed E-state index contributed by atoms with van der Waals surface area (Å²) in [7, 11) is -3.42. The fourth-order valence-corrected chi connectivity index (χ4v) is 5.16. The third kappa shape index (κ3) is 2.22. The van der Waals surface area contributed by atoms with Crippen molar-refractivity contribution in [3.8, 4) is 0 Å². The fourth-order valence-electron chi connectivity index (χ4n) is 2.38. The van der Waals surface area contributed by atoms with E-state index in [1.54, 1.807) is 17.5 Å². The van der Waals surface area contributed by atoms with Crippen LogP contribution in [0.3, 0.4) is 0 Å². The van der Waals surface area contributed by atoms with Crippen molar-refractivity contribution in [2.45, 2.75) is 30.0 Å². The first-order valence-corrected chi connectivity index (χ1v) is 8.39. The molecule has 0 amide bonds. The second-order valence-electron chi connectivity index (χ2n) is 4.58. The van der Waals surface area contributed by atoms with Gasteiger partial charge in [0, 0.05) is 12.6 Å². The predicted molar refractivity (Wildman–Crippen MR) is 71.4 cm³/mol. The second kappa shape index (κ2) is 4.73. The molecule has 0 bridgehead atoms. The van der Waals surface area contributed by atoms with Crippen LogP contribution in [-0.2, 0) is 10.0 Å². The van der Waals surface area contributed by atoms with Gasteiger partial charge in [0.2, 0.25) is 0 Å². The highest BCUT2D eigenvalue weighted by Crippen LogP contribution is 2.37. The lowest BCUT2D eigenvalue weighted by atomic mass is 10.2. The van der Waals surface area contributed by atoms with E-state index in [1.165, 1.54) is 15.6 Å². The van der Waals surface area contributed by atoms with E-state index < -0.39 is 10.0 Å². The zero-order valence-electron chi connectivity index (χ0n) is 10.4. The van der Waals surface area contributed by atoms with Crippen LogP contribution in [0, 0.1) is 6.92 Å². The molecule has 3 heterocycles. The maximum absolute atomic E-state index is 12.6. The predicted octanol–water partition coefficient (Wildman–Crippen LogP) is 2.57. The van der Waals surface area contributed by atoms with Gasteiger partial charge in [0.25, 0.3) is 10.0 Å². The van der Waals surface area contributed by atoms with Gasteiger partial charge in [-0.05, 0) is 31.2 Å². The Labute approximate surface area is 115 Å². The molecule has 5 nitrogen and oxygen atoms in total. The molecular weight excluding hydrogens is 284 g/mol. The smallest absolute Gasteiger partial charge is 0.253 e. The van der Waals surface area contributed by atoms with Crippen LogP contribution >= 0.6 is 11.3 Å². The average molecular weight is 298 g/mol. The van der Waals surface area contributed by atoms with Crippen molar-refractivity contribution in [2.75, 3.05) is 6.54 Å². The first-order valence-electron chi connectivity index (χ1n) is 6.07. The Morgan fingerprint density at radius 3 is 3.00 bits per heavy atom. The van der Waals surface area contributed by atoms with Crippen molar-refractivity contribution < 1.29 is 12.9 Å². The molecule has 2 aromatic heterocycles. The van der Waals surface area contributed by atoms with Crippen LogP contribution in [0.4, 0.5) is 0 Å². The van der Waals surface area contributed by atoms with E-state index >= 15 is 0 Å². The molecule has 0 aliphatic carbocycles. The van der Waals surface area contributed by atoms with E-state index in [2.05, 4.69) is 5.16 Å². The van der Waals surface area contributed by atoms with Crippen molar-refractivity contribution in [1.82, 2.24) is 9.46 Å². The van der Waals surface area contributed by atoms with E-state index in [1.807, 2.05) is 13.0 Å². The van der Waals surface area contributed by atoms with Crippen LogP contribution in [0.5, 0.6) is 0 Å². The number of aryl methyl sites for hydroxylation is 1. The average Bonchev–Trinajstić information content (AvgIpc) is 3.10. The molecule has 0 aromatic carbocycles. The van der Waals surface area contributed by atoms with Gasteiger partial charge in [-0.3, -0.25) is 0 Å². The van der Waals surface area contributed by atoms with Gasteiger partial charge in [0.1, 0.15) is 4.21 Å². The number of hydrogen-bond acceptors (Lipinski definition) is 5. The van der Waals surface area contributed by atoms with Crippen molar-refractivity contribution in [2.24, 2.45) is 0 Å². The Morgan fingerprint density at radius 2 is 2.37 bits per heavy atom. The largest absolute Gasteiger partial charge is 0.359 e. The summed E-state index contributed by atoms with van der Waals surface area (Å²) in [6.07, 6.45) is 1.62. The number of aromatic nitrogens is 1. The molecule has 1 fully saturated rings. The van der Waals surface area contributed by atoms with Crippen molar-refractivity contribution >= 4 is 21.4 Å². The molecule has 2 aromatic rings. The highest BCUT2D eigenvalue weighted by Gasteiger charge is 2.38. The molecule has 1 aliphatic heterocycles. The summed E-state index contributed by atoms with van der Waals surface area (Å²) in [6, 6.07) is 4.98. The lowest BCUT2D eigenvalue weighted by molar-refractivity contribution is 0.297. The summed E-state index contributed by atoms with van der Waals surface area (Å²) in [5, 5.41) is 5.62. The summed E-state index contributed by atoms with van der Waals surface area (Å²) in [6.45, 7) is 2.37. The Balaban J connectivity index is 1.96. The maximum Gasteiger partial charge on any atom is 0.253 e. The molecule has 1 atom stereocenters. The van der Waals surface area contributed by atoms with Gasteiger partial charge < -0.3 is 4.52 Å². The van der Waals surface area contributed by atoms with Gasteiger partial charge >= 0.3 is 0 Å². The van der Waals surface area contributed by atoms with E-state index in [9.17, 15) is 8.42 Å². The Kier molecular flexibility index (Phi) is 3.20.